The fourth-order valence-corrected chi connectivity index (χ4v) is 3.11. The van der Waals surface area contributed by atoms with Crippen LogP contribution in [0.4, 0.5) is 10.1 Å². The van der Waals surface area contributed by atoms with Crippen molar-refractivity contribution in [1.29, 1.82) is 0 Å². The van der Waals surface area contributed by atoms with E-state index in [-0.39, 0.29) is 18.2 Å². The summed E-state index contributed by atoms with van der Waals surface area (Å²) in [4.78, 5) is 25.6. The van der Waals surface area contributed by atoms with Crippen LogP contribution >= 0.6 is 0 Å². The predicted molar refractivity (Wildman–Crippen MR) is 64.4 cm³/mol. The lowest BCUT2D eigenvalue weighted by molar-refractivity contribution is -0.125. The van der Waals surface area contributed by atoms with Gasteiger partial charge in [-0.25, -0.2) is 9.29 Å². The Morgan fingerprint density at radius 3 is 2.56 bits per heavy atom. The third kappa shape index (κ3) is 1.55. The zero-order chi connectivity index (χ0) is 12.8. The molecule has 3 nitrogen and oxygen atoms in total. The Bertz CT molecular complexity index is 520. The van der Waals surface area contributed by atoms with Gasteiger partial charge in [-0.3, -0.25) is 9.59 Å². The summed E-state index contributed by atoms with van der Waals surface area (Å²) in [6.45, 7) is 0. The molecule has 2 fully saturated rings. The van der Waals surface area contributed by atoms with E-state index in [9.17, 15) is 14.0 Å². The van der Waals surface area contributed by atoms with Gasteiger partial charge in [0.25, 0.3) is 0 Å². The molecule has 0 bridgehead atoms. The van der Waals surface area contributed by atoms with Crippen molar-refractivity contribution in [2.75, 3.05) is 4.90 Å². The first-order valence-corrected chi connectivity index (χ1v) is 6.25. The summed E-state index contributed by atoms with van der Waals surface area (Å²) in [5.41, 5.74) is -0.141. The van der Waals surface area contributed by atoms with Crippen LogP contribution in [-0.2, 0) is 9.59 Å². The summed E-state index contributed by atoms with van der Waals surface area (Å²) < 4.78 is 13.2. The molecule has 0 atom stereocenters. The van der Waals surface area contributed by atoms with Crippen molar-refractivity contribution in [1.82, 2.24) is 0 Å². The molecular formula is C14H14FNO2. The molecule has 4 heteroatoms. The Kier molecular flexibility index (Phi) is 2.47. The standard InChI is InChI=1S/C14H14FNO2/c15-10-4-3-5-11(8-10)16-12(17)9-14(13(16)18)6-1-2-7-14/h3-5,8H,1-2,6-7,9H2. The zero-order valence-electron chi connectivity index (χ0n) is 9.99. The minimum absolute atomic E-state index is 0.143. The van der Waals surface area contributed by atoms with Gasteiger partial charge in [-0.05, 0) is 31.0 Å². The number of halogens is 1. The highest BCUT2D eigenvalue weighted by molar-refractivity contribution is 6.22. The van der Waals surface area contributed by atoms with Gasteiger partial charge < -0.3 is 0 Å². The first-order valence-electron chi connectivity index (χ1n) is 6.25. The third-order valence-corrected chi connectivity index (χ3v) is 4.02. The molecule has 0 aromatic heterocycles. The van der Waals surface area contributed by atoms with Crippen LogP contribution in [0.15, 0.2) is 24.3 Å². The van der Waals surface area contributed by atoms with E-state index in [1.54, 1.807) is 6.07 Å². The van der Waals surface area contributed by atoms with Gasteiger partial charge in [0.05, 0.1) is 11.1 Å². The number of nitrogens with zero attached hydrogens (tertiary/aromatic N) is 1. The molecule has 1 heterocycles. The van der Waals surface area contributed by atoms with E-state index in [2.05, 4.69) is 0 Å². The van der Waals surface area contributed by atoms with Crippen LogP contribution in [0.1, 0.15) is 32.1 Å². The molecular weight excluding hydrogens is 233 g/mol. The molecule has 18 heavy (non-hydrogen) atoms. The van der Waals surface area contributed by atoms with Crippen LogP contribution in [0.3, 0.4) is 0 Å². The number of hydrogen-bond donors (Lipinski definition) is 0. The van der Waals surface area contributed by atoms with Crippen LogP contribution in [0.25, 0.3) is 0 Å². The Morgan fingerprint density at radius 1 is 1.17 bits per heavy atom. The first-order chi connectivity index (χ1) is 8.62. The van der Waals surface area contributed by atoms with Gasteiger partial charge in [0.1, 0.15) is 5.82 Å². The van der Waals surface area contributed by atoms with E-state index in [1.165, 1.54) is 18.2 Å². The van der Waals surface area contributed by atoms with Crippen LogP contribution < -0.4 is 4.90 Å². The van der Waals surface area contributed by atoms with Gasteiger partial charge in [0.15, 0.2) is 0 Å². The topological polar surface area (TPSA) is 37.4 Å². The summed E-state index contributed by atoms with van der Waals surface area (Å²) in [7, 11) is 0. The molecule has 0 radical (unpaired) electrons. The molecule has 1 aromatic rings. The second-order valence-corrected chi connectivity index (χ2v) is 5.18. The number of rotatable bonds is 1. The Hall–Kier alpha value is -1.71. The van der Waals surface area contributed by atoms with E-state index >= 15 is 0 Å². The summed E-state index contributed by atoms with van der Waals surface area (Å²) >= 11 is 0. The van der Waals surface area contributed by atoms with Crippen LogP contribution in [0, 0.1) is 11.2 Å². The molecule has 2 amide bonds. The average Bonchev–Trinajstić information content (AvgIpc) is 2.87. The second-order valence-electron chi connectivity index (χ2n) is 5.18. The molecule has 1 aliphatic carbocycles. The predicted octanol–water partition coefficient (Wildman–Crippen LogP) is 2.65. The molecule has 0 unspecified atom stereocenters. The van der Waals surface area contributed by atoms with Crippen molar-refractivity contribution in [3.05, 3.63) is 30.1 Å². The lowest BCUT2D eigenvalue weighted by Gasteiger charge is -2.20. The maximum absolute atomic E-state index is 13.2. The lowest BCUT2D eigenvalue weighted by atomic mass is 9.84. The summed E-state index contributed by atoms with van der Waals surface area (Å²) in [5.74, 6) is -0.774. The fraction of sp³-hybridized carbons (Fsp3) is 0.429. The summed E-state index contributed by atoms with van der Waals surface area (Å²) in [5, 5.41) is 0. The largest absolute Gasteiger partial charge is 0.274 e. The quantitative estimate of drug-likeness (QED) is 0.715. The minimum atomic E-state index is -0.497. The van der Waals surface area contributed by atoms with Crippen molar-refractivity contribution >= 4 is 17.5 Å². The summed E-state index contributed by atoms with van der Waals surface area (Å²) in [6, 6.07) is 5.67. The Morgan fingerprint density at radius 2 is 1.89 bits per heavy atom. The fourth-order valence-electron chi connectivity index (χ4n) is 3.11. The van der Waals surface area contributed by atoms with Gasteiger partial charge in [0.2, 0.25) is 11.8 Å². The molecule has 0 N–H and O–H groups in total. The van der Waals surface area contributed by atoms with E-state index < -0.39 is 11.2 Å². The average molecular weight is 247 g/mol. The van der Waals surface area contributed by atoms with Crippen molar-refractivity contribution in [3.8, 4) is 0 Å². The zero-order valence-corrected chi connectivity index (χ0v) is 9.99. The second kappa shape index (κ2) is 3.90. The van der Waals surface area contributed by atoms with Crippen molar-refractivity contribution in [2.24, 2.45) is 5.41 Å². The summed E-state index contributed by atoms with van der Waals surface area (Å²) in [6.07, 6.45) is 3.83. The molecule has 1 aliphatic heterocycles. The molecule has 2 aliphatic rings. The van der Waals surface area contributed by atoms with Crippen molar-refractivity contribution < 1.29 is 14.0 Å². The highest BCUT2D eigenvalue weighted by Crippen LogP contribution is 2.47. The molecule has 94 valence electrons. The number of carbonyl (C=O) groups is 2. The van der Waals surface area contributed by atoms with E-state index in [4.69, 9.17) is 0 Å². The van der Waals surface area contributed by atoms with Gasteiger partial charge >= 0.3 is 0 Å². The highest BCUT2D eigenvalue weighted by Gasteiger charge is 2.53. The first kappa shape index (κ1) is 11.4. The SMILES string of the molecule is O=C1CC2(CCCC2)C(=O)N1c1cccc(F)c1. The number of benzene rings is 1. The third-order valence-electron chi connectivity index (χ3n) is 4.02. The number of amides is 2. The van der Waals surface area contributed by atoms with Crippen molar-refractivity contribution in [3.63, 3.8) is 0 Å². The molecule has 3 rings (SSSR count). The van der Waals surface area contributed by atoms with Gasteiger partial charge in [-0.1, -0.05) is 18.9 Å². The monoisotopic (exact) mass is 247 g/mol. The molecule has 1 spiro atoms. The Balaban J connectivity index is 1.98. The molecule has 1 aromatic carbocycles. The number of hydrogen-bond acceptors (Lipinski definition) is 2. The van der Waals surface area contributed by atoms with Gasteiger partial charge in [-0.2, -0.15) is 0 Å². The molecule has 1 saturated heterocycles. The number of imide groups is 1. The van der Waals surface area contributed by atoms with E-state index in [0.29, 0.717) is 5.69 Å². The highest BCUT2D eigenvalue weighted by atomic mass is 19.1. The minimum Gasteiger partial charge on any atom is -0.274 e. The van der Waals surface area contributed by atoms with E-state index in [0.717, 1.165) is 30.6 Å². The number of anilines is 1. The van der Waals surface area contributed by atoms with Crippen LogP contribution in [0.5, 0.6) is 0 Å². The van der Waals surface area contributed by atoms with Gasteiger partial charge in [0, 0.05) is 6.42 Å². The lowest BCUT2D eigenvalue weighted by Crippen LogP contribution is -2.34. The molecule has 1 saturated carbocycles. The number of carbonyl (C=O) groups excluding carboxylic acids is 2. The normalized spacial score (nSPS) is 22.2. The van der Waals surface area contributed by atoms with E-state index in [1.807, 2.05) is 0 Å². The Labute approximate surface area is 105 Å². The van der Waals surface area contributed by atoms with Crippen LogP contribution in [0.2, 0.25) is 0 Å². The van der Waals surface area contributed by atoms with Crippen LogP contribution in [-0.4, -0.2) is 11.8 Å². The van der Waals surface area contributed by atoms with Gasteiger partial charge in [-0.15, -0.1) is 0 Å². The maximum atomic E-state index is 13.2. The smallest absolute Gasteiger partial charge is 0.240 e. The van der Waals surface area contributed by atoms with Crippen molar-refractivity contribution in [2.45, 2.75) is 32.1 Å². The maximum Gasteiger partial charge on any atom is 0.240 e.